The van der Waals surface area contributed by atoms with E-state index in [-0.39, 0.29) is 6.10 Å². The lowest BCUT2D eigenvalue weighted by Gasteiger charge is -2.40. The Kier molecular flexibility index (Phi) is 3.68. The van der Waals surface area contributed by atoms with E-state index < -0.39 is 17.5 Å². The zero-order valence-electron chi connectivity index (χ0n) is 11.7. The molecule has 1 aromatic rings. The molecule has 0 amide bonds. The van der Waals surface area contributed by atoms with Crippen LogP contribution in [-0.2, 0) is 14.2 Å². The van der Waals surface area contributed by atoms with E-state index in [2.05, 4.69) is 27.8 Å². The summed E-state index contributed by atoms with van der Waals surface area (Å²) < 4.78 is 17.2. The van der Waals surface area contributed by atoms with Crippen LogP contribution >= 0.6 is 15.9 Å². The highest BCUT2D eigenvalue weighted by Gasteiger charge is 2.68. The SMILES string of the molecule is COC1(OC)C=C(Br)[C@@H]2O[C@@H]2[C@@]1(O)C#Cc1ccccc1. The van der Waals surface area contributed by atoms with Gasteiger partial charge in [0, 0.05) is 24.3 Å². The van der Waals surface area contributed by atoms with Crippen molar-refractivity contribution < 1.29 is 19.3 Å². The summed E-state index contributed by atoms with van der Waals surface area (Å²) in [4.78, 5) is 0. The van der Waals surface area contributed by atoms with Crippen LogP contribution in [0.15, 0.2) is 40.9 Å². The molecule has 0 saturated carbocycles. The molecule has 1 N–H and O–H groups in total. The first kappa shape index (κ1) is 14.8. The smallest absolute Gasteiger partial charge is 0.233 e. The second-order valence-corrected chi connectivity index (χ2v) is 5.88. The predicted octanol–water partition coefficient (Wildman–Crippen LogP) is 1.82. The van der Waals surface area contributed by atoms with Crippen molar-refractivity contribution in [1.82, 2.24) is 0 Å². The molecule has 4 nitrogen and oxygen atoms in total. The molecule has 1 heterocycles. The molecule has 3 atom stereocenters. The number of aliphatic hydroxyl groups is 1. The van der Waals surface area contributed by atoms with Crippen molar-refractivity contribution in [2.75, 3.05) is 14.2 Å². The average Bonchev–Trinajstić information content (AvgIpc) is 3.32. The molecule has 1 fully saturated rings. The van der Waals surface area contributed by atoms with Gasteiger partial charge in [0.05, 0.1) is 0 Å². The van der Waals surface area contributed by atoms with Crippen molar-refractivity contribution in [3.05, 3.63) is 46.5 Å². The number of hydrogen-bond acceptors (Lipinski definition) is 4. The monoisotopic (exact) mass is 350 g/mol. The topological polar surface area (TPSA) is 51.2 Å². The van der Waals surface area contributed by atoms with Crippen LogP contribution in [0.5, 0.6) is 0 Å². The molecule has 21 heavy (non-hydrogen) atoms. The van der Waals surface area contributed by atoms with Gasteiger partial charge in [-0.25, -0.2) is 0 Å². The summed E-state index contributed by atoms with van der Waals surface area (Å²) >= 11 is 3.42. The quantitative estimate of drug-likeness (QED) is 0.502. The Labute approximate surface area is 131 Å². The largest absolute Gasteiger partial charge is 0.370 e. The average molecular weight is 351 g/mol. The van der Waals surface area contributed by atoms with E-state index in [9.17, 15) is 5.11 Å². The summed E-state index contributed by atoms with van der Waals surface area (Å²) in [6, 6.07) is 9.44. The summed E-state index contributed by atoms with van der Waals surface area (Å²) in [5.41, 5.74) is -0.772. The number of ether oxygens (including phenoxy) is 3. The second kappa shape index (κ2) is 5.24. The van der Waals surface area contributed by atoms with Gasteiger partial charge in [0.1, 0.15) is 12.2 Å². The predicted molar refractivity (Wildman–Crippen MR) is 80.7 cm³/mol. The third-order valence-corrected chi connectivity index (χ3v) is 4.49. The molecule has 3 rings (SSSR count). The molecule has 5 heteroatoms. The molecule has 0 unspecified atom stereocenters. The van der Waals surface area contributed by atoms with Crippen LogP contribution in [0.4, 0.5) is 0 Å². The fraction of sp³-hybridized carbons (Fsp3) is 0.375. The molecule has 0 aromatic heterocycles. The van der Waals surface area contributed by atoms with Gasteiger partial charge in [0.25, 0.3) is 0 Å². The molecule has 1 aromatic carbocycles. The van der Waals surface area contributed by atoms with Crippen molar-refractivity contribution in [2.45, 2.75) is 23.6 Å². The normalized spacial score (nSPS) is 32.5. The van der Waals surface area contributed by atoms with Gasteiger partial charge in [-0.05, 0) is 18.2 Å². The Morgan fingerprint density at radius 3 is 2.52 bits per heavy atom. The van der Waals surface area contributed by atoms with Gasteiger partial charge in [-0.2, -0.15) is 0 Å². The zero-order chi connectivity index (χ0) is 15.1. The molecule has 0 spiro atoms. The summed E-state index contributed by atoms with van der Waals surface area (Å²) in [6.07, 6.45) is 0.993. The van der Waals surface area contributed by atoms with E-state index in [4.69, 9.17) is 14.2 Å². The van der Waals surface area contributed by atoms with Gasteiger partial charge in [-0.15, -0.1) is 0 Å². The van der Waals surface area contributed by atoms with Crippen molar-refractivity contribution >= 4 is 15.9 Å². The van der Waals surface area contributed by atoms with Gasteiger partial charge < -0.3 is 19.3 Å². The molecule has 1 aliphatic carbocycles. The lowest BCUT2D eigenvalue weighted by atomic mass is 9.83. The highest BCUT2D eigenvalue weighted by molar-refractivity contribution is 9.11. The van der Waals surface area contributed by atoms with Gasteiger partial charge in [-0.3, -0.25) is 0 Å². The minimum absolute atomic E-state index is 0.196. The van der Waals surface area contributed by atoms with E-state index >= 15 is 0 Å². The zero-order valence-corrected chi connectivity index (χ0v) is 13.3. The Hall–Kier alpha value is -1.16. The first-order chi connectivity index (χ1) is 10.1. The number of halogens is 1. The number of epoxide rings is 1. The van der Waals surface area contributed by atoms with Crippen molar-refractivity contribution in [1.29, 1.82) is 0 Å². The number of methoxy groups -OCH3 is 2. The van der Waals surface area contributed by atoms with Crippen LogP contribution in [-0.4, -0.2) is 42.9 Å². The van der Waals surface area contributed by atoms with Gasteiger partial charge >= 0.3 is 0 Å². The van der Waals surface area contributed by atoms with Crippen molar-refractivity contribution in [3.63, 3.8) is 0 Å². The van der Waals surface area contributed by atoms with E-state index in [0.717, 1.165) is 10.0 Å². The molecular formula is C16H15BrO4. The lowest BCUT2D eigenvalue weighted by molar-refractivity contribution is -0.257. The van der Waals surface area contributed by atoms with Crippen LogP contribution in [0.3, 0.4) is 0 Å². The molecule has 1 saturated heterocycles. The first-order valence-electron chi connectivity index (χ1n) is 6.51. The molecule has 0 bridgehead atoms. The molecule has 110 valence electrons. The first-order valence-corrected chi connectivity index (χ1v) is 7.30. The van der Waals surface area contributed by atoms with Gasteiger partial charge in [0.15, 0.2) is 0 Å². The number of rotatable bonds is 2. The third-order valence-electron chi connectivity index (χ3n) is 3.81. The molecular weight excluding hydrogens is 336 g/mol. The lowest BCUT2D eigenvalue weighted by Crippen LogP contribution is -2.60. The van der Waals surface area contributed by atoms with Crippen LogP contribution < -0.4 is 0 Å². The fourth-order valence-corrected chi connectivity index (χ4v) is 3.22. The van der Waals surface area contributed by atoms with E-state index in [1.165, 1.54) is 14.2 Å². The summed E-state index contributed by atoms with van der Waals surface area (Å²) in [5.74, 6) is 4.48. The summed E-state index contributed by atoms with van der Waals surface area (Å²) in [5, 5.41) is 11.1. The Morgan fingerprint density at radius 2 is 1.90 bits per heavy atom. The molecule has 1 aliphatic heterocycles. The van der Waals surface area contributed by atoms with Crippen molar-refractivity contribution in [3.8, 4) is 11.8 Å². The van der Waals surface area contributed by atoms with Crippen LogP contribution in [0.1, 0.15) is 5.56 Å². The number of fused-ring (bicyclic) bond motifs is 1. The number of hydrogen-bond donors (Lipinski definition) is 1. The van der Waals surface area contributed by atoms with E-state index in [1.54, 1.807) is 6.08 Å². The highest BCUT2D eigenvalue weighted by atomic mass is 79.9. The van der Waals surface area contributed by atoms with E-state index in [0.29, 0.717) is 0 Å². The minimum Gasteiger partial charge on any atom is -0.370 e. The fourth-order valence-electron chi connectivity index (χ4n) is 2.57. The van der Waals surface area contributed by atoms with Crippen LogP contribution in [0.2, 0.25) is 0 Å². The Morgan fingerprint density at radius 1 is 1.24 bits per heavy atom. The maximum atomic E-state index is 11.1. The van der Waals surface area contributed by atoms with E-state index in [1.807, 2.05) is 30.3 Å². The van der Waals surface area contributed by atoms with Crippen molar-refractivity contribution in [2.24, 2.45) is 0 Å². The molecule has 2 aliphatic rings. The summed E-state index contributed by atoms with van der Waals surface area (Å²) in [6.45, 7) is 0. The van der Waals surface area contributed by atoms with Crippen LogP contribution in [0.25, 0.3) is 0 Å². The molecule has 0 radical (unpaired) electrons. The maximum Gasteiger partial charge on any atom is 0.233 e. The Bertz CT molecular complexity index is 627. The summed E-state index contributed by atoms with van der Waals surface area (Å²) in [7, 11) is 2.94. The highest BCUT2D eigenvalue weighted by Crippen LogP contribution is 2.51. The van der Waals surface area contributed by atoms with Crippen LogP contribution in [0, 0.1) is 11.8 Å². The minimum atomic E-state index is -1.58. The second-order valence-electron chi connectivity index (χ2n) is 4.96. The maximum absolute atomic E-state index is 11.1. The van der Waals surface area contributed by atoms with Gasteiger partial charge in [-0.1, -0.05) is 46.0 Å². The number of benzene rings is 1. The third kappa shape index (κ3) is 2.24. The standard InChI is InChI=1S/C16H15BrO4/c1-19-16(20-2)10-12(17)13-14(21-13)15(16,18)9-8-11-6-4-3-5-7-11/h3-7,10,13-14,18H,1-2H3/t13-,14-,15-/m0/s1. The van der Waals surface area contributed by atoms with Gasteiger partial charge in [0.2, 0.25) is 11.4 Å². The Balaban J connectivity index is 2.04.